The van der Waals surface area contributed by atoms with E-state index >= 15 is 0 Å². The average Bonchev–Trinajstić information content (AvgIpc) is 3.07. The molecule has 0 atom stereocenters. The van der Waals surface area contributed by atoms with Crippen LogP contribution in [0.5, 0.6) is 0 Å². The normalized spacial score (nSPS) is 18.2. The molecule has 0 radical (unpaired) electrons. The van der Waals surface area contributed by atoms with Crippen LogP contribution in [0.2, 0.25) is 13.1 Å². The van der Waals surface area contributed by atoms with Gasteiger partial charge in [0.2, 0.25) is 0 Å². The van der Waals surface area contributed by atoms with E-state index < -0.39 is 21.6 Å². The van der Waals surface area contributed by atoms with E-state index in [0.717, 1.165) is 35.4 Å². The number of benzene rings is 2. The maximum atomic E-state index is 13.2. The van der Waals surface area contributed by atoms with Crippen molar-refractivity contribution in [2.24, 2.45) is 5.92 Å². The van der Waals surface area contributed by atoms with Crippen LogP contribution in [0.3, 0.4) is 0 Å². The van der Waals surface area contributed by atoms with Gasteiger partial charge >= 0.3 is 178 Å². The number of carbonyl (C=O) groups excluding carboxylic acids is 1. The SMILES string of the molecule is C[SiH](C)[Hf]([Cl])([Cl])([NH]C(=O)C1CCCCC1)[c]1cccc2c1Cc1ccccc1-2. The van der Waals surface area contributed by atoms with Crippen LogP contribution in [-0.4, -0.2) is 11.9 Å². The zero-order chi connectivity index (χ0) is 20.0. The molecular weight excluding hydrogens is 572 g/mol. The van der Waals surface area contributed by atoms with Gasteiger partial charge in [0, 0.05) is 0 Å². The van der Waals surface area contributed by atoms with Gasteiger partial charge in [0.05, 0.1) is 0 Å². The van der Waals surface area contributed by atoms with Crippen LogP contribution >= 0.6 is 17.2 Å². The molecule has 1 amide bonds. The second-order valence-corrected chi connectivity index (χ2v) is 64.0. The van der Waals surface area contributed by atoms with Gasteiger partial charge in [-0.3, -0.25) is 0 Å². The summed E-state index contributed by atoms with van der Waals surface area (Å²) in [6, 6.07) is 14.9. The van der Waals surface area contributed by atoms with Gasteiger partial charge < -0.3 is 0 Å². The number of halogens is 2. The van der Waals surface area contributed by atoms with Gasteiger partial charge in [-0.15, -0.1) is 0 Å². The van der Waals surface area contributed by atoms with Crippen LogP contribution < -0.4 is 6.62 Å². The molecule has 0 spiro atoms. The summed E-state index contributed by atoms with van der Waals surface area (Å²) in [5, 5.41) is 0. The average molecular weight is 600 g/mol. The second kappa shape index (κ2) is 7.68. The Morgan fingerprint density at radius 2 is 1.68 bits per heavy atom. The summed E-state index contributed by atoms with van der Waals surface area (Å²) in [6.45, 7) is 4.41. The molecule has 0 heterocycles. The Kier molecular flexibility index (Phi) is 5.72. The van der Waals surface area contributed by atoms with E-state index in [9.17, 15) is 4.79 Å². The fourth-order valence-corrected chi connectivity index (χ4v) is 30.4. The molecule has 2 nitrogen and oxygen atoms in total. The van der Waals surface area contributed by atoms with Crippen LogP contribution in [0, 0.1) is 5.92 Å². The van der Waals surface area contributed by atoms with Gasteiger partial charge in [0.25, 0.3) is 0 Å². The van der Waals surface area contributed by atoms with Crippen molar-refractivity contribution in [3.63, 3.8) is 0 Å². The fourth-order valence-electron chi connectivity index (χ4n) is 4.80. The Morgan fingerprint density at radius 3 is 2.39 bits per heavy atom. The molecular formula is C22H28Cl2HfNOSi. The van der Waals surface area contributed by atoms with Crippen molar-refractivity contribution in [1.82, 2.24) is 3.30 Å². The molecule has 0 bridgehead atoms. The number of hydrogen-bond donors (Lipinski definition) is 1. The van der Waals surface area contributed by atoms with Gasteiger partial charge in [0.15, 0.2) is 0 Å². The summed E-state index contributed by atoms with van der Waals surface area (Å²) in [7, 11) is 15.0. The van der Waals surface area contributed by atoms with Crippen molar-refractivity contribution < 1.29 is 20.4 Å². The van der Waals surface area contributed by atoms with E-state index in [2.05, 4.69) is 58.9 Å². The third-order valence-electron chi connectivity index (χ3n) is 6.69. The van der Waals surface area contributed by atoms with Crippen LogP contribution in [-0.2, 0) is 26.8 Å². The van der Waals surface area contributed by atoms with Crippen LogP contribution in [0.25, 0.3) is 11.1 Å². The van der Waals surface area contributed by atoms with Gasteiger partial charge in [0.1, 0.15) is 0 Å². The Labute approximate surface area is 177 Å². The molecule has 2 aliphatic carbocycles. The number of hydrogen-bond acceptors (Lipinski definition) is 1. The van der Waals surface area contributed by atoms with E-state index in [1.807, 2.05) is 0 Å². The molecule has 149 valence electrons. The maximum absolute atomic E-state index is 13.2. The minimum absolute atomic E-state index is 0.0726. The van der Waals surface area contributed by atoms with Gasteiger partial charge in [-0.25, -0.2) is 0 Å². The molecule has 4 rings (SSSR count). The van der Waals surface area contributed by atoms with Crippen molar-refractivity contribution in [1.29, 1.82) is 0 Å². The van der Waals surface area contributed by atoms with E-state index in [4.69, 9.17) is 17.2 Å². The molecule has 6 heteroatoms. The Bertz CT molecular complexity index is 925. The zero-order valence-corrected chi connectivity index (χ0v) is 22.9. The first-order chi connectivity index (χ1) is 13.3. The van der Waals surface area contributed by atoms with Crippen molar-refractivity contribution >= 4 is 32.4 Å². The van der Waals surface area contributed by atoms with Crippen molar-refractivity contribution in [2.75, 3.05) is 0 Å². The molecule has 0 aliphatic heterocycles. The van der Waals surface area contributed by atoms with Crippen LogP contribution in [0.4, 0.5) is 0 Å². The molecule has 0 aromatic heterocycles. The number of rotatable bonds is 4. The Morgan fingerprint density at radius 1 is 1.00 bits per heavy atom. The second-order valence-electron chi connectivity index (χ2n) is 8.73. The number of amides is 1. The van der Waals surface area contributed by atoms with E-state index in [1.54, 1.807) is 0 Å². The van der Waals surface area contributed by atoms with E-state index in [0.29, 0.717) is 0 Å². The fraction of sp³-hybridized carbons (Fsp3) is 0.409. The summed E-state index contributed by atoms with van der Waals surface area (Å²) in [6.07, 6.45) is 6.27. The van der Waals surface area contributed by atoms with Crippen LogP contribution in [0.1, 0.15) is 43.2 Å². The van der Waals surface area contributed by atoms with Crippen molar-refractivity contribution in [3.8, 4) is 11.1 Å². The summed E-state index contributed by atoms with van der Waals surface area (Å²) >= 11 is -4.80. The number of nitrogens with one attached hydrogen (secondary N) is 1. The van der Waals surface area contributed by atoms with Gasteiger partial charge in [-0.2, -0.15) is 0 Å². The monoisotopic (exact) mass is 600 g/mol. The Hall–Kier alpha value is -0.423. The molecule has 1 saturated carbocycles. The topological polar surface area (TPSA) is 29.1 Å². The van der Waals surface area contributed by atoms with Crippen molar-refractivity contribution in [2.45, 2.75) is 51.6 Å². The standard InChI is InChI=1S/C13H9.C7H13NO.C2H7Si.2ClH.Hf/c1-3-7-12-10(5-1)9-11-6-2-4-8-13(11)12;8-7(9)6-4-2-1-3-5-6;1-3-2;;;/h1-5,7-8H,9H2;6H,1-5H2,(H2,8,9);3H,1-2H3;2*1H;/q;;;;;+3/p-3. The molecule has 2 aliphatic rings. The van der Waals surface area contributed by atoms with Gasteiger partial charge in [-0.05, 0) is 0 Å². The van der Waals surface area contributed by atoms with Crippen molar-refractivity contribution in [3.05, 3.63) is 53.6 Å². The predicted molar refractivity (Wildman–Crippen MR) is 120 cm³/mol. The molecule has 1 N–H and O–H groups in total. The van der Waals surface area contributed by atoms with Crippen LogP contribution in [0.15, 0.2) is 42.5 Å². The van der Waals surface area contributed by atoms with E-state index in [1.165, 1.54) is 28.7 Å². The number of fused-ring (bicyclic) bond motifs is 3. The van der Waals surface area contributed by atoms with Gasteiger partial charge in [-0.1, -0.05) is 0 Å². The third-order valence-corrected chi connectivity index (χ3v) is 68.4. The summed E-state index contributed by atoms with van der Waals surface area (Å²) < 4.78 is 4.47. The molecule has 1 fully saturated rings. The quantitative estimate of drug-likeness (QED) is 0.396. The minimum atomic E-state index is -4.80. The number of carbonyl (C=O) groups is 1. The Balaban J connectivity index is 1.77. The predicted octanol–water partition coefficient (Wildman–Crippen LogP) is 5.48. The molecule has 2 aromatic carbocycles. The summed E-state index contributed by atoms with van der Waals surface area (Å²) in [5.41, 5.74) is 5.07. The first-order valence-electron chi connectivity index (χ1n) is 10.4. The van der Waals surface area contributed by atoms with E-state index in [-0.39, 0.29) is 11.8 Å². The molecule has 2 aromatic rings. The third kappa shape index (κ3) is 3.49. The summed E-state index contributed by atoms with van der Waals surface area (Å²) in [5.74, 6) is -1.39. The molecule has 28 heavy (non-hydrogen) atoms. The molecule has 0 saturated heterocycles. The summed E-state index contributed by atoms with van der Waals surface area (Å²) in [4.78, 5) is 13.2. The zero-order valence-electron chi connectivity index (χ0n) is 16.6. The first kappa shape index (κ1) is 20.8. The first-order valence-corrected chi connectivity index (χ1v) is 32.0. The molecule has 0 unspecified atom stereocenters.